The van der Waals surface area contributed by atoms with Gasteiger partial charge in [-0.1, -0.05) is 81.7 Å². The van der Waals surface area contributed by atoms with Gasteiger partial charge in [-0.05, 0) is 32.4 Å². The highest BCUT2D eigenvalue weighted by Crippen LogP contribution is 2.25. The summed E-state index contributed by atoms with van der Waals surface area (Å²) in [7, 11) is 3.96. The van der Waals surface area contributed by atoms with Crippen LogP contribution < -0.4 is 5.32 Å². The third-order valence-corrected chi connectivity index (χ3v) is 3.78. The number of hydrogen-bond donors (Lipinski definition) is 1. The first-order valence-electron chi connectivity index (χ1n) is 9.28. The van der Waals surface area contributed by atoms with E-state index in [-0.39, 0.29) is 0 Å². The molecule has 0 spiro atoms. The van der Waals surface area contributed by atoms with Crippen LogP contribution in [0.3, 0.4) is 0 Å². The number of hydrogen-bond acceptors (Lipinski definition) is 2. The highest BCUT2D eigenvalue weighted by atomic mass is 15.1. The first-order chi connectivity index (χ1) is 12.7. The van der Waals surface area contributed by atoms with Crippen LogP contribution in [0, 0.1) is 0 Å². The summed E-state index contributed by atoms with van der Waals surface area (Å²) in [6.45, 7) is 26.6. The van der Waals surface area contributed by atoms with Gasteiger partial charge >= 0.3 is 0 Å². The summed E-state index contributed by atoms with van der Waals surface area (Å²) in [6, 6.07) is 8.11. The fourth-order valence-electron chi connectivity index (χ4n) is 2.42. The van der Waals surface area contributed by atoms with Crippen molar-refractivity contribution < 1.29 is 0 Å². The predicted octanol–water partition coefficient (Wildman–Crippen LogP) is 6.79. The molecule has 0 amide bonds. The summed E-state index contributed by atoms with van der Waals surface area (Å²) < 4.78 is 0. The second-order valence-corrected chi connectivity index (χ2v) is 6.52. The van der Waals surface area contributed by atoms with Gasteiger partial charge in [-0.2, -0.15) is 0 Å². The number of likely N-dealkylation sites (N-methyl/N-ethyl adjacent to an activating group) is 1. The van der Waals surface area contributed by atoms with Gasteiger partial charge in [0.05, 0.1) is 0 Å². The van der Waals surface area contributed by atoms with Crippen LogP contribution in [-0.4, -0.2) is 19.0 Å². The van der Waals surface area contributed by atoms with E-state index in [1.54, 1.807) is 6.08 Å². The summed E-state index contributed by atoms with van der Waals surface area (Å²) in [4.78, 5) is 1.99. The molecule has 1 rings (SSSR count). The fraction of sp³-hybridized carbons (Fsp3) is 0.280. The Hall–Kier alpha value is -2.74. The topological polar surface area (TPSA) is 15.3 Å². The van der Waals surface area contributed by atoms with Crippen molar-refractivity contribution in [3.63, 3.8) is 0 Å². The van der Waals surface area contributed by atoms with Gasteiger partial charge < -0.3 is 10.2 Å². The molecule has 0 saturated heterocycles. The summed E-state index contributed by atoms with van der Waals surface area (Å²) in [5.41, 5.74) is 7.89. The molecule has 0 radical (unpaired) electrons. The van der Waals surface area contributed by atoms with Crippen LogP contribution in [0.15, 0.2) is 85.3 Å². The standard InChI is InChI=1S/C23H30N2.C2H6/c1-10-23(22(15-16(2)3)19(7)25(8)9)24-18(6)21-14-12-11-13-20(21)17(4)5;1-2/h10-15,24H,1,4,6-7H2,2-3,5,8-9H3;1-2H3/b23-22-;. The molecule has 0 heterocycles. The maximum Gasteiger partial charge on any atom is 0.0472 e. The van der Waals surface area contributed by atoms with Gasteiger partial charge in [-0.15, -0.1) is 0 Å². The lowest BCUT2D eigenvalue weighted by atomic mass is 9.99. The smallest absolute Gasteiger partial charge is 0.0472 e. The number of benzene rings is 1. The molecule has 0 aliphatic heterocycles. The lowest BCUT2D eigenvalue weighted by Crippen LogP contribution is -2.18. The number of rotatable bonds is 8. The van der Waals surface area contributed by atoms with Crippen molar-refractivity contribution in [1.82, 2.24) is 10.2 Å². The van der Waals surface area contributed by atoms with Gasteiger partial charge in [0.2, 0.25) is 0 Å². The second kappa shape index (κ2) is 11.8. The van der Waals surface area contributed by atoms with Crippen molar-refractivity contribution >= 4 is 11.3 Å². The van der Waals surface area contributed by atoms with Crippen LogP contribution in [0.5, 0.6) is 0 Å². The molecule has 0 atom stereocenters. The quantitative estimate of drug-likeness (QED) is 0.511. The van der Waals surface area contributed by atoms with E-state index in [0.717, 1.165) is 39.4 Å². The molecule has 0 aliphatic rings. The van der Waals surface area contributed by atoms with Crippen molar-refractivity contribution in [1.29, 1.82) is 0 Å². The zero-order valence-corrected chi connectivity index (χ0v) is 18.2. The highest BCUT2D eigenvalue weighted by molar-refractivity contribution is 5.77. The molecule has 0 aliphatic carbocycles. The monoisotopic (exact) mass is 364 g/mol. The van der Waals surface area contributed by atoms with Crippen LogP contribution in [0.1, 0.15) is 45.7 Å². The number of allylic oxidation sites excluding steroid dienone is 4. The second-order valence-electron chi connectivity index (χ2n) is 6.52. The molecule has 1 N–H and O–H groups in total. The predicted molar refractivity (Wildman–Crippen MR) is 124 cm³/mol. The van der Waals surface area contributed by atoms with Gasteiger partial charge in [-0.25, -0.2) is 0 Å². The average Bonchev–Trinajstić information content (AvgIpc) is 2.64. The molecular weight excluding hydrogens is 328 g/mol. The molecule has 0 unspecified atom stereocenters. The van der Waals surface area contributed by atoms with Crippen LogP contribution in [0.4, 0.5) is 0 Å². The summed E-state index contributed by atoms with van der Waals surface area (Å²) in [5, 5.41) is 3.41. The van der Waals surface area contributed by atoms with E-state index in [1.165, 1.54) is 5.57 Å². The van der Waals surface area contributed by atoms with Gasteiger partial charge in [0.1, 0.15) is 0 Å². The van der Waals surface area contributed by atoms with Crippen molar-refractivity contribution in [2.24, 2.45) is 0 Å². The summed E-state index contributed by atoms with van der Waals surface area (Å²) >= 11 is 0. The minimum atomic E-state index is 0.805. The van der Waals surface area contributed by atoms with Crippen molar-refractivity contribution in [2.75, 3.05) is 14.1 Å². The molecule has 1 aromatic rings. The highest BCUT2D eigenvalue weighted by Gasteiger charge is 2.11. The Morgan fingerprint density at radius 1 is 0.963 bits per heavy atom. The van der Waals surface area contributed by atoms with E-state index >= 15 is 0 Å². The molecule has 0 fully saturated rings. The molecule has 2 nitrogen and oxygen atoms in total. The zero-order chi connectivity index (χ0) is 21.1. The molecule has 2 heteroatoms. The average molecular weight is 365 g/mol. The van der Waals surface area contributed by atoms with Gasteiger partial charge in [0.15, 0.2) is 0 Å². The lowest BCUT2D eigenvalue weighted by Gasteiger charge is -2.22. The fourth-order valence-corrected chi connectivity index (χ4v) is 2.42. The number of nitrogens with one attached hydrogen (secondary N) is 1. The van der Waals surface area contributed by atoms with Crippen LogP contribution in [-0.2, 0) is 0 Å². The molecule has 27 heavy (non-hydrogen) atoms. The van der Waals surface area contributed by atoms with Gasteiger partial charge in [0.25, 0.3) is 0 Å². The van der Waals surface area contributed by atoms with Crippen molar-refractivity contribution in [2.45, 2.75) is 34.6 Å². The van der Waals surface area contributed by atoms with E-state index in [1.807, 2.05) is 58.0 Å². The zero-order valence-electron chi connectivity index (χ0n) is 18.2. The van der Waals surface area contributed by atoms with E-state index in [0.29, 0.717) is 0 Å². The van der Waals surface area contributed by atoms with E-state index in [9.17, 15) is 0 Å². The summed E-state index contributed by atoms with van der Waals surface area (Å²) in [6.07, 6.45) is 3.91. The van der Waals surface area contributed by atoms with Crippen molar-refractivity contribution in [3.8, 4) is 0 Å². The van der Waals surface area contributed by atoms with Crippen LogP contribution >= 0.6 is 0 Å². The Morgan fingerprint density at radius 2 is 1.48 bits per heavy atom. The first-order valence-corrected chi connectivity index (χ1v) is 9.28. The van der Waals surface area contributed by atoms with Gasteiger partial charge in [-0.3, -0.25) is 0 Å². The molecular formula is C25H36N2. The number of nitrogens with zero attached hydrogens (tertiary/aromatic N) is 1. The largest absolute Gasteiger partial charge is 0.378 e. The third-order valence-electron chi connectivity index (χ3n) is 3.78. The Labute approximate surface area is 167 Å². The minimum absolute atomic E-state index is 0.805. The molecule has 0 bridgehead atoms. The van der Waals surface area contributed by atoms with Crippen LogP contribution in [0.25, 0.3) is 11.3 Å². The van der Waals surface area contributed by atoms with E-state index in [4.69, 9.17) is 0 Å². The lowest BCUT2D eigenvalue weighted by molar-refractivity contribution is 0.525. The molecule has 1 aromatic carbocycles. The SMILES string of the molecule is C=C/C(NC(=C)c1ccccc1C(=C)C)=C(\C=C(C)C)C(=C)N(C)C.CC. The van der Waals surface area contributed by atoms with E-state index < -0.39 is 0 Å². The Morgan fingerprint density at radius 3 is 1.89 bits per heavy atom. The Kier molecular flexibility index (Phi) is 10.6. The normalized spacial score (nSPS) is 10.5. The Bertz CT molecular complexity index is 754. The first kappa shape index (κ1) is 24.3. The third kappa shape index (κ3) is 7.18. The Balaban J connectivity index is 0.00000326. The minimum Gasteiger partial charge on any atom is -0.378 e. The molecule has 146 valence electrons. The summed E-state index contributed by atoms with van der Waals surface area (Å²) in [5.74, 6) is 0. The van der Waals surface area contributed by atoms with Crippen molar-refractivity contribution in [3.05, 3.63) is 96.4 Å². The molecule has 0 saturated carbocycles. The van der Waals surface area contributed by atoms with Gasteiger partial charge in [0, 0.05) is 42.3 Å². The maximum absolute atomic E-state index is 4.22. The maximum atomic E-state index is 4.22. The van der Waals surface area contributed by atoms with E-state index in [2.05, 4.69) is 57.6 Å². The van der Waals surface area contributed by atoms with Crippen LogP contribution in [0.2, 0.25) is 0 Å². The molecule has 0 aromatic heterocycles.